The van der Waals surface area contributed by atoms with E-state index < -0.39 is 12.1 Å². The molecule has 2 atom stereocenters. The Balaban J connectivity index is 3.52. The van der Waals surface area contributed by atoms with Crippen molar-refractivity contribution in [2.45, 2.75) is 251 Å². The maximum Gasteiger partial charge on any atom is 0.305 e. The summed E-state index contributed by atoms with van der Waals surface area (Å²) in [5, 5.41) is 22.9. The zero-order valence-electron chi connectivity index (χ0n) is 36.4. The van der Waals surface area contributed by atoms with E-state index in [1.165, 1.54) is 141 Å². The number of amides is 1. The van der Waals surface area contributed by atoms with Crippen LogP contribution in [0.2, 0.25) is 0 Å². The summed E-state index contributed by atoms with van der Waals surface area (Å²) in [5.74, 6) is -0.125. The van der Waals surface area contributed by atoms with Crippen molar-refractivity contribution in [2.75, 3.05) is 13.2 Å². The third kappa shape index (κ3) is 41.5. The molecule has 0 bridgehead atoms. The summed E-state index contributed by atoms with van der Waals surface area (Å²) in [4.78, 5) is 24.4. The van der Waals surface area contributed by atoms with Crippen LogP contribution in [-0.2, 0) is 14.3 Å². The fraction of sp³-hybridized carbons (Fsp3) is 0.837. The molecule has 0 aromatic carbocycles. The van der Waals surface area contributed by atoms with Gasteiger partial charge in [-0.1, -0.05) is 179 Å². The van der Waals surface area contributed by atoms with Crippen LogP contribution in [0, 0.1) is 0 Å². The van der Waals surface area contributed by atoms with Gasteiger partial charge in [0, 0.05) is 12.8 Å². The molecule has 322 valence electrons. The molecule has 0 aliphatic rings. The Morgan fingerprint density at radius 1 is 0.491 bits per heavy atom. The van der Waals surface area contributed by atoms with Gasteiger partial charge in [-0.2, -0.15) is 0 Å². The molecule has 55 heavy (non-hydrogen) atoms. The summed E-state index contributed by atoms with van der Waals surface area (Å²) >= 11 is 0. The van der Waals surface area contributed by atoms with Crippen LogP contribution < -0.4 is 5.32 Å². The van der Waals surface area contributed by atoms with E-state index in [-0.39, 0.29) is 18.5 Å². The van der Waals surface area contributed by atoms with E-state index in [4.69, 9.17) is 4.74 Å². The van der Waals surface area contributed by atoms with Gasteiger partial charge >= 0.3 is 5.97 Å². The van der Waals surface area contributed by atoms with Gasteiger partial charge in [0.15, 0.2) is 0 Å². The second-order valence-corrected chi connectivity index (χ2v) is 16.1. The molecule has 0 aromatic rings. The average Bonchev–Trinajstić information content (AvgIpc) is 3.18. The molecule has 0 aliphatic carbocycles. The number of aliphatic hydroxyl groups is 2. The van der Waals surface area contributed by atoms with Gasteiger partial charge in [0.1, 0.15) is 0 Å². The van der Waals surface area contributed by atoms with Crippen molar-refractivity contribution < 1.29 is 24.5 Å². The molecule has 0 aliphatic heterocycles. The van der Waals surface area contributed by atoms with Crippen molar-refractivity contribution in [3.05, 3.63) is 36.5 Å². The Morgan fingerprint density at radius 2 is 0.855 bits per heavy atom. The molecule has 6 heteroatoms. The molecular weight excluding hydrogens is 683 g/mol. The van der Waals surface area contributed by atoms with Gasteiger partial charge in [-0.15, -0.1) is 0 Å². The summed E-state index contributed by atoms with van der Waals surface area (Å²) < 4.78 is 5.44. The molecular formula is C49H91NO5. The molecule has 0 spiro atoms. The van der Waals surface area contributed by atoms with Gasteiger partial charge in [0.2, 0.25) is 5.91 Å². The highest BCUT2D eigenvalue weighted by Gasteiger charge is 2.18. The Morgan fingerprint density at radius 3 is 1.31 bits per heavy atom. The second kappa shape index (κ2) is 44.8. The third-order valence-electron chi connectivity index (χ3n) is 10.6. The Kier molecular flexibility index (Phi) is 43.2. The lowest BCUT2D eigenvalue weighted by atomic mass is 10.1. The highest BCUT2D eigenvalue weighted by Crippen LogP contribution is 2.13. The van der Waals surface area contributed by atoms with E-state index in [0.29, 0.717) is 19.4 Å². The zero-order valence-corrected chi connectivity index (χ0v) is 36.4. The standard InChI is InChI=1S/C49H91NO5/c1-3-5-7-9-11-13-15-16-17-20-23-27-31-35-39-43-49(54)55-44-40-36-32-28-24-21-18-19-22-26-30-34-38-42-48(53)50-46(45-51)47(52)41-37-33-29-25-14-12-10-8-6-4-2/h16-17,19,22,37,41,46-47,51-52H,3-15,18,20-21,23-36,38-40,42-45H2,1-2H3,(H,50,53)/b17-16-,22-19-,41-37+. The second-order valence-electron chi connectivity index (χ2n) is 16.1. The van der Waals surface area contributed by atoms with Crippen molar-refractivity contribution in [3.63, 3.8) is 0 Å². The van der Waals surface area contributed by atoms with Crippen LogP contribution >= 0.6 is 0 Å². The van der Waals surface area contributed by atoms with Crippen molar-refractivity contribution in [1.82, 2.24) is 5.32 Å². The van der Waals surface area contributed by atoms with Crippen molar-refractivity contribution in [3.8, 4) is 0 Å². The summed E-state index contributed by atoms with van der Waals surface area (Å²) in [5.41, 5.74) is 0. The van der Waals surface area contributed by atoms with E-state index in [2.05, 4.69) is 43.5 Å². The fourth-order valence-electron chi connectivity index (χ4n) is 6.91. The fourth-order valence-corrected chi connectivity index (χ4v) is 6.91. The number of nitrogens with one attached hydrogen (secondary N) is 1. The molecule has 0 rings (SSSR count). The lowest BCUT2D eigenvalue weighted by Crippen LogP contribution is -2.45. The average molecular weight is 774 g/mol. The minimum absolute atomic E-state index is 0.0232. The number of aliphatic hydroxyl groups excluding tert-OH is 2. The van der Waals surface area contributed by atoms with E-state index in [1.54, 1.807) is 6.08 Å². The predicted octanol–water partition coefficient (Wildman–Crippen LogP) is 13.7. The van der Waals surface area contributed by atoms with E-state index in [0.717, 1.165) is 70.6 Å². The summed E-state index contributed by atoms with van der Waals surface area (Å²) in [7, 11) is 0. The number of hydrogen-bond acceptors (Lipinski definition) is 5. The van der Waals surface area contributed by atoms with Crippen molar-refractivity contribution in [2.24, 2.45) is 0 Å². The van der Waals surface area contributed by atoms with Crippen LogP contribution in [-0.4, -0.2) is 47.4 Å². The van der Waals surface area contributed by atoms with Crippen LogP contribution in [0.15, 0.2) is 36.5 Å². The Hall–Kier alpha value is -1.92. The van der Waals surface area contributed by atoms with Gasteiger partial charge < -0.3 is 20.3 Å². The van der Waals surface area contributed by atoms with Crippen LogP contribution in [0.3, 0.4) is 0 Å². The Bertz CT molecular complexity index is 900. The minimum atomic E-state index is -0.860. The molecule has 0 heterocycles. The van der Waals surface area contributed by atoms with Crippen molar-refractivity contribution in [1.29, 1.82) is 0 Å². The number of hydrogen-bond donors (Lipinski definition) is 3. The summed E-state index contributed by atoms with van der Waals surface area (Å²) in [6, 6.07) is -0.646. The molecule has 0 fully saturated rings. The van der Waals surface area contributed by atoms with Gasteiger partial charge in [-0.3, -0.25) is 9.59 Å². The normalized spacial score (nSPS) is 13.0. The number of ether oxygens (including phenoxy) is 1. The van der Waals surface area contributed by atoms with Crippen LogP contribution in [0.5, 0.6) is 0 Å². The number of carbonyl (C=O) groups is 2. The van der Waals surface area contributed by atoms with E-state index in [9.17, 15) is 19.8 Å². The monoisotopic (exact) mass is 774 g/mol. The molecule has 0 aromatic heterocycles. The Labute approximate surface area is 341 Å². The third-order valence-corrected chi connectivity index (χ3v) is 10.6. The van der Waals surface area contributed by atoms with Crippen LogP contribution in [0.1, 0.15) is 239 Å². The van der Waals surface area contributed by atoms with Gasteiger partial charge in [0.25, 0.3) is 0 Å². The number of carbonyl (C=O) groups excluding carboxylic acids is 2. The molecule has 0 saturated heterocycles. The first-order chi connectivity index (χ1) is 27.0. The lowest BCUT2D eigenvalue weighted by Gasteiger charge is -2.19. The SMILES string of the molecule is CCCCCCCC/C=C\CCCCCCCC(=O)OCCCCCCCC/C=C\CCCCCC(=O)NC(CO)C(O)/C=C/CCCCCCCCCC. The number of unbranched alkanes of at least 4 members (excludes halogenated alkanes) is 28. The first-order valence-corrected chi connectivity index (χ1v) is 23.8. The topological polar surface area (TPSA) is 95.9 Å². The zero-order chi connectivity index (χ0) is 40.1. The number of esters is 1. The molecule has 1 amide bonds. The molecule has 0 radical (unpaired) electrons. The summed E-state index contributed by atoms with van der Waals surface area (Å²) in [6.45, 7) is 4.81. The van der Waals surface area contributed by atoms with E-state index >= 15 is 0 Å². The maximum absolute atomic E-state index is 12.3. The number of rotatable bonds is 43. The lowest BCUT2D eigenvalue weighted by molar-refractivity contribution is -0.143. The maximum atomic E-state index is 12.3. The highest BCUT2D eigenvalue weighted by atomic mass is 16.5. The smallest absolute Gasteiger partial charge is 0.305 e. The largest absolute Gasteiger partial charge is 0.466 e. The quantitative estimate of drug-likeness (QED) is 0.0326. The van der Waals surface area contributed by atoms with Gasteiger partial charge in [0.05, 0.1) is 25.4 Å². The predicted molar refractivity (Wildman–Crippen MR) is 236 cm³/mol. The molecule has 6 nitrogen and oxygen atoms in total. The summed E-state index contributed by atoms with van der Waals surface area (Å²) in [6.07, 6.45) is 52.8. The first-order valence-electron chi connectivity index (χ1n) is 23.8. The minimum Gasteiger partial charge on any atom is -0.466 e. The number of allylic oxidation sites excluding steroid dienone is 5. The van der Waals surface area contributed by atoms with Gasteiger partial charge in [-0.25, -0.2) is 0 Å². The highest BCUT2D eigenvalue weighted by molar-refractivity contribution is 5.76. The van der Waals surface area contributed by atoms with Crippen LogP contribution in [0.25, 0.3) is 0 Å². The van der Waals surface area contributed by atoms with E-state index in [1.807, 2.05) is 6.08 Å². The van der Waals surface area contributed by atoms with Crippen molar-refractivity contribution >= 4 is 11.9 Å². The van der Waals surface area contributed by atoms with Gasteiger partial charge in [-0.05, 0) is 83.5 Å². The molecule has 2 unspecified atom stereocenters. The molecule has 0 saturated carbocycles. The van der Waals surface area contributed by atoms with Crippen LogP contribution in [0.4, 0.5) is 0 Å². The first kappa shape index (κ1) is 53.1. The molecule has 3 N–H and O–H groups in total.